The molecule has 1 saturated heterocycles. The van der Waals surface area contributed by atoms with Gasteiger partial charge in [0.15, 0.2) is 5.82 Å². The molecule has 4 rings (SSSR count). The Hall–Kier alpha value is -1.59. The molecule has 0 spiro atoms. The Kier molecular flexibility index (Phi) is 4.70. The van der Waals surface area contributed by atoms with Crippen LogP contribution in [0.15, 0.2) is 0 Å². The van der Waals surface area contributed by atoms with E-state index in [-0.39, 0.29) is 11.8 Å². The lowest BCUT2D eigenvalue weighted by atomic mass is 9.97. The molecule has 1 saturated carbocycles. The van der Waals surface area contributed by atoms with Gasteiger partial charge in [-0.25, -0.2) is 12.7 Å². The monoisotopic (exact) mass is 398 g/mol. The molecule has 1 aliphatic heterocycles. The van der Waals surface area contributed by atoms with E-state index < -0.39 is 10.0 Å². The number of nitrogens with one attached hydrogen (secondary N) is 1. The summed E-state index contributed by atoms with van der Waals surface area (Å²) in [6, 6.07) is 0. The van der Waals surface area contributed by atoms with Crippen LogP contribution in [0.5, 0.6) is 0 Å². The average Bonchev–Trinajstić information content (AvgIpc) is 3.24. The van der Waals surface area contributed by atoms with Crippen LogP contribution < -0.4 is 5.32 Å². The fourth-order valence-corrected chi connectivity index (χ4v) is 4.97. The molecule has 3 heterocycles. The lowest BCUT2D eigenvalue weighted by Gasteiger charge is -2.29. The number of amides is 1. The van der Waals surface area contributed by atoms with Gasteiger partial charge in [0.25, 0.3) is 0 Å². The van der Waals surface area contributed by atoms with E-state index in [1.54, 1.807) is 0 Å². The Morgan fingerprint density at radius 3 is 2.62 bits per heavy atom. The van der Waals surface area contributed by atoms with E-state index in [4.69, 9.17) is 0 Å². The molecule has 0 unspecified atom stereocenters. The fraction of sp³-hybridized carbons (Fsp3) is 0.733. The van der Waals surface area contributed by atoms with Crippen LogP contribution >= 0.6 is 11.3 Å². The molecule has 2 aromatic heterocycles. The minimum atomic E-state index is -3.16. The van der Waals surface area contributed by atoms with Gasteiger partial charge in [0.05, 0.1) is 6.26 Å². The topological polar surface area (TPSA) is 110 Å². The van der Waals surface area contributed by atoms with Crippen molar-refractivity contribution in [1.82, 2.24) is 29.4 Å². The van der Waals surface area contributed by atoms with E-state index in [0.717, 1.165) is 28.6 Å². The van der Waals surface area contributed by atoms with Gasteiger partial charge in [-0.1, -0.05) is 11.3 Å². The Bertz CT molecular complexity index is 909. The van der Waals surface area contributed by atoms with Crippen molar-refractivity contribution in [2.24, 2.45) is 5.92 Å². The molecular formula is C15H22N6O3S2. The average molecular weight is 399 g/mol. The summed E-state index contributed by atoms with van der Waals surface area (Å²) in [6.07, 6.45) is 5.32. The molecule has 26 heavy (non-hydrogen) atoms. The second kappa shape index (κ2) is 6.86. The summed E-state index contributed by atoms with van der Waals surface area (Å²) in [6.45, 7) is 1.35. The Morgan fingerprint density at radius 1 is 1.23 bits per heavy atom. The molecule has 0 bridgehead atoms. The molecule has 0 atom stereocenters. The lowest BCUT2D eigenvalue weighted by Crippen LogP contribution is -2.42. The fourth-order valence-electron chi connectivity index (χ4n) is 3.26. The molecule has 9 nitrogen and oxygen atoms in total. The van der Waals surface area contributed by atoms with Gasteiger partial charge in [-0.15, -0.1) is 10.2 Å². The number of hydrogen-bond donors (Lipinski definition) is 1. The van der Waals surface area contributed by atoms with Gasteiger partial charge in [0, 0.05) is 37.9 Å². The normalized spacial score (nSPS) is 19.9. The molecule has 2 aliphatic rings. The number of hydrogen-bond acceptors (Lipinski definition) is 7. The number of carbonyl (C=O) groups excluding carboxylic acids is 1. The van der Waals surface area contributed by atoms with Gasteiger partial charge in [0.1, 0.15) is 5.01 Å². The maximum atomic E-state index is 12.3. The quantitative estimate of drug-likeness (QED) is 0.754. The van der Waals surface area contributed by atoms with Gasteiger partial charge in [0.2, 0.25) is 20.9 Å². The van der Waals surface area contributed by atoms with Gasteiger partial charge in [-0.3, -0.25) is 4.79 Å². The second-order valence-corrected chi connectivity index (χ2v) is 10.0. The highest BCUT2D eigenvalue weighted by atomic mass is 32.2. The highest BCUT2D eigenvalue weighted by molar-refractivity contribution is 7.88. The van der Waals surface area contributed by atoms with Crippen LogP contribution in [0.25, 0.3) is 4.96 Å². The highest BCUT2D eigenvalue weighted by Gasteiger charge is 2.30. The van der Waals surface area contributed by atoms with Crippen molar-refractivity contribution >= 4 is 32.2 Å². The van der Waals surface area contributed by atoms with E-state index >= 15 is 0 Å². The maximum absolute atomic E-state index is 12.3. The van der Waals surface area contributed by atoms with E-state index in [1.807, 2.05) is 4.52 Å². The first-order valence-corrected chi connectivity index (χ1v) is 11.5. The standard InChI is InChI=1S/C15H22N6O3S2/c1-26(23,24)20-8-5-11(6-9-20)14(22)16-7-4-12-19-21-13(10-2-3-10)17-18-15(21)25-12/h10-11H,2-9H2,1H3,(H,16,22). The third-order valence-electron chi connectivity index (χ3n) is 4.93. The Balaban J connectivity index is 1.26. The van der Waals surface area contributed by atoms with Crippen LogP contribution in [0.3, 0.4) is 0 Å². The minimum absolute atomic E-state index is 0.000166. The number of nitrogens with zero attached hydrogens (tertiary/aromatic N) is 5. The van der Waals surface area contributed by atoms with Crippen LogP contribution in [-0.4, -0.2) is 64.3 Å². The summed E-state index contributed by atoms with van der Waals surface area (Å²) in [5.74, 6) is 1.33. The van der Waals surface area contributed by atoms with Gasteiger partial charge >= 0.3 is 0 Å². The molecule has 2 aromatic rings. The Labute approximate surface area is 155 Å². The van der Waals surface area contributed by atoms with Crippen molar-refractivity contribution < 1.29 is 13.2 Å². The molecule has 1 N–H and O–H groups in total. The molecule has 1 aliphatic carbocycles. The zero-order chi connectivity index (χ0) is 18.3. The Morgan fingerprint density at radius 2 is 1.96 bits per heavy atom. The summed E-state index contributed by atoms with van der Waals surface area (Å²) in [4.78, 5) is 13.1. The third kappa shape index (κ3) is 3.74. The zero-order valence-electron chi connectivity index (χ0n) is 14.6. The van der Waals surface area contributed by atoms with E-state index in [2.05, 4.69) is 20.6 Å². The smallest absolute Gasteiger partial charge is 0.234 e. The van der Waals surface area contributed by atoms with Crippen LogP contribution in [0.2, 0.25) is 0 Å². The first-order valence-electron chi connectivity index (χ1n) is 8.85. The second-order valence-electron chi connectivity index (χ2n) is 7.00. The summed E-state index contributed by atoms with van der Waals surface area (Å²) in [5, 5.41) is 16.8. The minimum Gasteiger partial charge on any atom is -0.355 e. The zero-order valence-corrected chi connectivity index (χ0v) is 16.2. The number of carbonyl (C=O) groups is 1. The van der Waals surface area contributed by atoms with E-state index in [1.165, 1.54) is 21.9 Å². The summed E-state index contributed by atoms with van der Waals surface area (Å²) in [5.41, 5.74) is 0. The van der Waals surface area contributed by atoms with E-state index in [0.29, 0.717) is 44.8 Å². The van der Waals surface area contributed by atoms with Crippen LogP contribution in [0, 0.1) is 5.92 Å². The van der Waals surface area contributed by atoms with Crippen molar-refractivity contribution in [1.29, 1.82) is 0 Å². The van der Waals surface area contributed by atoms with Crippen LogP contribution in [0.1, 0.15) is 42.4 Å². The van der Waals surface area contributed by atoms with Crippen molar-refractivity contribution in [3.8, 4) is 0 Å². The van der Waals surface area contributed by atoms with Crippen molar-refractivity contribution in [2.45, 2.75) is 38.0 Å². The van der Waals surface area contributed by atoms with Crippen LogP contribution in [0.4, 0.5) is 0 Å². The largest absolute Gasteiger partial charge is 0.355 e. The summed E-state index contributed by atoms with van der Waals surface area (Å²) in [7, 11) is -3.16. The van der Waals surface area contributed by atoms with Gasteiger partial charge < -0.3 is 5.32 Å². The summed E-state index contributed by atoms with van der Waals surface area (Å²) < 4.78 is 26.3. The molecule has 0 radical (unpaired) electrons. The van der Waals surface area contributed by atoms with E-state index in [9.17, 15) is 13.2 Å². The predicted molar refractivity (Wildman–Crippen MR) is 96.5 cm³/mol. The predicted octanol–water partition coefficient (Wildman–Crippen LogP) is 0.393. The SMILES string of the molecule is CS(=O)(=O)N1CCC(C(=O)NCCc2nn3c(C4CC4)nnc3s2)CC1. The molecule has 2 fully saturated rings. The van der Waals surface area contributed by atoms with Crippen molar-refractivity contribution in [3.05, 3.63) is 10.8 Å². The van der Waals surface area contributed by atoms with Gasteiger partial charge in [-0.2, -0.15) is 9.61 Å². The van der Waals surface area contributed by atoms with Crippen LogP contribution in [-0.2, 0) is 21.2 Å². The first-order chi connectivity index (χ1) is 12.4. The van der Waals surface area contributed by atoms with Crippen molar-refractivity contribution in [2.75, 3.05) is 25.9 Å². The molecule has 11 heteroatoms. The lowest BCUT2D eigenvalue weighted by molar-refractivity contribution is -0.126. The molecule has 1 amide bonds. The summed E-state index contributed by atoms with van der Waals surface area (Å²) >= 11 is 1.51. The molecular weight excluding hydrogens is 376 g/mol. The number of aromatic nitrogens is 4. The maximum Gasteiger partial charge on any atom is 0.234 e. The molecule has 0 aromatic carbocycles. The number of rotatable bonds is 6. The van der Waals surface area contributed by atoms with Gasteiger partial charge in [-0.05, 0) is 25.7 Å². The molecule has 142 valence electrons. The third-order valence-corrected chi connectivity index (χ3v) is 7.19. The van der Waals surface area contributed by atoms with Crippen molar-refractivity contribution in [3.63, 3.8) is 0 Å². The number of piperidine rings is 1. The first kappa shape index (κ1) is 17.8. The highest BCUT2D eigenvalue weighted by Crippen LogP contribution is 2.39. The number of fused-ring (bicyclic) bond motifs is 1. The number of sulfonamides is 1.